The first-order valence-corrected chi connectivity index (χ1v) is 6.04. The van der Waals surface area contributed by atoms with Gasteiger partial charge in [-0.25, -0.2) is 0 Å². The van der Waals surface area contributed by atoms with Crippen molar-refractivity contribution in [3.63, 3.8) is 0 Å². The number of aromatic nitrogens is 1. The Hall–Kier alpha value is -1.95. The molecule has 1 heterocycles. The van der Waals surface area contributed by atoms with E-state index in [0.29, 0.717) is 12.2 Å². The molecule has 2 aromatic rings. The summed E-state index contributed by atoms with van der Waals surface area (Å²) in [7, 11) is 0. The van der Waals surface area contributed by atoms with Crippen molar-refractivity contribution in [1.82, 2.24) is 4.98 Å². The summed E-state index contributed by atoms with van der Waals surface area (Å²) in [5.41, 5.74) is 1.46. The van der Waals surface area contributed by atoms with E-state index in [1.807, 2.05) is 24.3 Å². The average molecular weight is 308 g/mol. The molecule has 0 aliphatic rings. The number of rotatable bonds is 4. The lowest BCUT2D eigenvalue weighted by Gasteiger charge is -2.06. The molecule has 1 aromatic carbocycles. The number of hydrogen-bond donors (Lipinski definition) is 1. The Morgan fingerprint density at radius 2 is 2.00 bits per heavy atom. The van der Waals surface area contributed by atoms with Gasteiger partial charge in [0.05, 0.1) is 0 Å². The zero-order valence-corrected chi connectivity index (χ0v) is 10.9. The van der Waals surface area contributed by atoms with Gasteiger partial charge in [0.15, 0.2) is 0 Å². The fourth-order valence-corrected chi connectivity index (χ4v) is 1.74. The van der Waals surface area contributed by atoms with Crippen LogP contribution in [0.2, 0.25) is 0 Å². The van der Waals surface area contributed by atoms with Crippen LogP contribution in [-0.2, 0) is 6.54 Å². The standard InChI is InChI=1S/C12H10BrN3O2/c13-10-5-3-9(4-6-10)8-15-11-2-1-7-14-12(11)16(17)18/h1-7,15H,8H2. The van der Waals surface area contributed by atoms with Crippen LogP contribution in [0.5, 0.6) is 0 Å². The normalized spacial score (nSPS) is 10.1. The highest BCUT2D eigenvalue weighted by molar-refractivity contribution is 9.10. The molecule has 2 rings (SSSR count). The highest BCUT2D eigenvalue weighted by Crippen LogP contribution is 2.21. The molecular formula is C12H10BrN3O2. The Bertz CT molecular complexity index is 558. The number of hydrogen-bond acceptors (Lipinski definition) is 4. The molecule has 1 N–H and O–H groups in total. The average Bonchev–Trinajstić information content (AvgIpc) is 2.38. The summed E-state index contributed by atoms with van der Waals surface area (Å²) >= 11 is 3.35. The molecular weight excluding hydrogens is 298 g/mol. The monoisotopic (exact) mass is 307 g/mol. The SMILES string of the molecule is O=[N+]([O-])c1ncccc1NCc1ccc(Br)cc1. The van der Waals surface area contributed by atoms with Crippen LogP contribution in [-0.4, -0.2) is 9.91 Å². The Kier molecular flexibility index (Phi) is 3.88. The van der Waals surface area contributed by atoms with Gasteiger partial charge in [0.25, 0.3) is 0 Å². The summed E-state index contributed by atoms with van der Waals surface area (Å²) in [6.45, 7) is 0.514. The molecule has 0 spiro atoms. The first-order chi connectivity index (χ1) is 8.66. The Morgan fingerprint density at radius 1 is 1.28 bits per heavy atom. The lowest BCUT2D eigenvalue weighted by molar-refractivity contribution is -0.388. The molecule has 0 bridgehead atoms. The second kappa shape index (κ2) is 5.59. The molecule has 1 aromatic heterocycles. The highest BCUT2D eigenvalue weighted by Gasteiger charge is 2.13. The lowest BCUT2D eigenvalue weighted by atomic mass is 10.2. The van der Waals surface area contributed by atoms with Crippen molar-refractivity contribution < 1.29 is 4.92 Å². The van der Waals surface area contributed by atoms with Gasteiger partial charge in [-0.2, -0.15) is 0 Å². The number of nitro groups is 1. The smallest absolute Gasteiger partial charge is 0.374 e. The summed E-state index contributed by atoms with van der Waals surface area (Å²) in [6, 6.07) is 11.0. The molecule has 0 fully saturated rings. The Morgan fingerprint density at radius 3 is 2.67 bits per heavy atom. The third-order valence-electron chi connectivity index (χ3n) is 2.36. The highest BCUT2D eigenvalue weighted by atomic mass is 79.9. The maximum absolute atomic E-state index is 10.8. The van der Waals surface area contributed by atoms with Crippen LogP contribution in [0.25, 0.3) is 0 Å². The molecule has 0 unspecified atom stereocenters. The minimum atomic E-state index is -0.496. The van der Waals surface area contributed by atoms with E-state index in [-0.39, 0.29) is 5.82 Å². The predicted molar refractivity (Wildman–Crippen MR) is 72.4 cm³/mol. The largest absolute Gasteiger partial charge is 0.386 e. The summed E-state index contributed by atoms with van der Waals surface area (Å²) in [6.07, 6.45) is 1.41. The van der Waals surface area contributed by atoms with Gasteiger partial charge >= 0.3 is 5.82 Å². The summed E-state index contributed by atoms with van der Waals surface area (Å²) in [4.78, 5) is 14.0. The molecule has 0 saturated carbocycles. The fraction of sp³-hybridized carbons (Fsp3) is 0.0833. The van der Waals surface area contributed by atoms with Gasteiger partial charge in [0, 0.05) is 11.0 Å². The first-order valence-electron chi connectivity index (χ1n) is 5.24. The molecule has 0 atom stereocenters. The number of nitrogens with zero attached hydrogens (tertiary/aromatic N) is 2. The number of nitrogens with one attached hydrogen (secondary N) is 1. The van der Waals surface area contributed by atoms with Crippen LogP contribution < -0.4 is 5.32 Å². The van der Waals surface area contributed by atoms with Gasteiger partial charge in [0.2, 0.25) is 0 Å². The van der Waals surface area contributed by atoms with Gasteiger partial charge in [0.1, 0.15) is 11.9 Å². The molecule has 0 saturated heterocycles. The van der Waals surface area contributed by atoms with E-state index in [0.717, 1.165) is 10.0 Å². The van der Waals surface area contributed by atoms with Crippen LogP contribution in [0.15, 0.2) is 47.1 Å². The molecule has 0 aliphatic heterocycles. The summed E-state index contributed by atoms with van der Waals surface area (Å²) in [5.74, 6) is -0.158. The minimum Gasteiger partial charge on any atom is -0.374 e. The Labute approximate surface area is 112 Å². The quantitative estimate of drug-likeness (QED) is 0.694. The number of halogens is 1. The predicted octanol–water partition coefficient (Wildman–Crippen LogP) is 3.36. The topological polar surface area (TPSA) is 68.1 Å². The molecule has 0 aliphatic carbocycles. The van der Waals surface area contributed by atoms with Crippen molar-refractivity contribution in [1.29, 1.82) is 0 Å². The van der Waals surface area contributed by atoms with Crippen molar-refractivity contribution in [2.24, 2.45) is 0 Å². The molecule has 5 nitrogen and oxygen atoms in total. The zero-order chi connectivity index (χ0) is 13.0. The van der Waals surface area contributed by atoms with Crippen molar-refractivity contribution in [3.8, 4) is 0 Å². The van der Waals surface area contributed by atoms with E-state index in [9.17, 15) is 10.1 Å². The van der Waals surface area contributed by atoms with Gasteiger partial charge in [-0.15, -0.1) is 0 Å². The third kappa shape index (κ3) is 3.04. The van der Waals surface area contributed by atoms with Crippen LogP contribution in [0.3, 0.4) is 0 Å². The molecule has 92 valence electrons. The van der Waals surface area contributed by atoms with Crippen LogP contribution in [0.4, 0.5) is 11.5 Å². The molecule has 0 radical (unpaired) electrons. The Balaban J connectivity index is 2.10. The number of benzene rings is 1. The third-order valence-corrected chi connectivity index (χ3v) is 2.88. The van der Waals surface area contributed by atoms with Gasteiger partial charge in [-0.3, -0.25) is 0 Å². The van der Waals surface area contributed by atoms with Gasteiger partial charge < -0.3 is 15.4 Å². The van der Waals surface area contributed by atoms with Gasteiger partial charge in [-0.05, 0) is 39.7 Å². The van der Waals surface area contributed by atoms with E-state index in [1.54, 1.807) is 12.1 Å². The van der Waals surface area contributed by atoms with E-state index in [2.05, 4.69) is 26.2 Å². The van der Waals surface area contributed by atoms with Crippen LogP contribution >= 0.6 is 15.9 Å². The molecule has 0 amide bonds. The lowest BCUT2D eigenvalue weighted by Crippen LogP contribution is -2.03. The van der Waals surface area contributed by atoms with E-state index >= 15 is 0 Å². The first kappa shape index (κ1) is 12.5. The van der Waals surface area contributed by atoms with E-state index in [1.165, 1.54) is 6.20 Å². The maximum atomic E-state index is 10.8. The number of pyridine rings is 1. The summed E-state index contributed by atoms with van der Waals surface area (Å²) in [5, 5.41) is 13.8. The van der Waals surface area contributed by atoms with Crippen molar-refractivity contribution in [2.45, 2.75) is 6.54 Å². The van der Waals surface area contributed by atoms with E-state index in [4.69, 9.17) is 0 Å². The van der Waals surface area contributed by atoms with Gasteiger partial charge in [-0.1, -0.05) is 28.1 Å². The maximum Gasteiger partial charge on any atom is 0.386 e. The van der Waals surface area contributed by atoms with Crippen LogP contribution in [0.1, 0.15) is 5.56 Å². The fourth-order valence-electron chi connectivity index (χ4n) is 1.48. The molecule has 6 heteroatoms. The van der Waals surface area contributed by atoms with Crippen LogP contribution in [0, 0.1) is 10.1 Å². The van der Waals surface area contributed by atoms with Crippen molar-refractivity contribution in [2.75, 3.05) is 5.32 Å². The summed E-state index contributed by atoms with van der Waals surface area (Å²) < 4.78 is 0.999. The molecule has 18 heavy (non-hydrogen) atoms. The zero-order valence-electron chi connectivity index (χ0n) is 9.34. The second-order valence-electron chi connectivity index (χ2n) is 3.61. The van der Waals surface area contributed by atoms with Crippen molar-refractivity contribution in [3.05, 3.63) is 62.7 Å². The second-order valence-corrected chi connectivity index (χ2v) is 4.53. The van der Waals surface area contributed by atoms with Crippen molar-refractivity contribution >= 4 is 27.4 Å². The minimum absolute atomic E-state index is 0.158. The number of anilines is 1. The van der Waals surface area contributed by atoms with E-state index < -0.39 is 4.92 Å².